The average Bonchev–Trinajstić information content (AvgIpc) is 2.85. The molecule has 0 aliphatic rings. The molecule has 0 unspecified atom stereocenters. The first-order valence-electron chi connectivity index (χ1n) is 10.7. The van der Waals surface area contributed by atoms with Crippen LogP contribution in [0.4, 0.5) is 0 Å². The number of rotatable bonds is 4. The number of hydrogen-bond acceptors (Lipinski definition) is 0. The second-order valence-corrected chi connectivity index (χ2v) is 7.86. The topological polar surface area (TPSA) is 0 Å². The van der Waals surface area contributed by atoms with Crippen LogP contribution in [0.5, 0.6) is 0 Å². The van der Waals surface area contributed by atoms with Crippen LogP contribution in [0, 0.1) is 6.92 Å². The molecule has 0 heteroatoms. The van der Waals surface area contributed by atoms with E-state index in [0.717, 1.165) is 0 Å². The Kier molecular flexibility index (Phi) is 5.21. The van der Waals surface area contributed by atoms with Crippen LogP contribution in [0.1, 0.15) is 5.56 Å². The Bertz CT molecular complexity index is 1300. The lowest BCUT2D eigenvalue weighted by Crippen LogP contribution is -1.93. The molecule has 0 nitrogen and oxygen atoms in total. The van der Waals surface area contributed by atoms with Gasteiger partial charge in [-0.2, -0.15) is 0 Å². The van der Waals surface area contributed by atoms with Crippen LogP contribution >= 0.6 is 0 Å². The van der Waals surface area contributed by atoms with Crippen molar-refractivity contribution >= 4 is 0 Å². The Balaban J connectivity index is 1.87. The van der Waals surface area contributed by atoms with Crippen molar-refractivity contribution in [1.82, 2.24) is 0 Å². The molecule has 5 aromatic carbocycles. The van der Waals surface area contributed by atoms with Crippen LogP contribution in [-0.4, -0.2) is 0 Å². The maximum absolute atomic E-state index is 2.38. The highest BCUT2D eigenvalue weighted by atomic mass is 14.2. The van der Waals surface area contributed by atoms with E-state index in [-0.39, 0.29) is 0 Å². The molecule has 5 aromatic rings. The molecule has 0 aromatic heterocycles. The first-order valence-corrected chi connectivity index (χ1v) is 10.7. The van der Waals surface area contributed by atoms with Gasteiger partial charge in [-0.15, -0.1) is 0 Å². The van der Waals surface area contributed by atoms with Gasteiger partial charge in [0.25, 0.3) is 0 Å². The largest absolute Gasteiger partial charge is 0.0622 e. The summed E-state index contributed by atoms with van der Waals surface area (Å²) in [5.41, 5.74) is 11.3. The molecule has 0 radical (unpaired) electrons. The fourth-order valence-corrected chi connectivity index (χ4v) is 4.27. The van der Waals surface area contributed by atoms with Gasteiger partial charge in [0.2, 0.25) is 0 Å². The predicted molar refractivity (Wildman–Crippen MR) is 133 cm³/mol. The van der Waals surface area contributed by atoms with Gasteiger partial charge in [0.1, 0.15) is 0 Å². The smallest absolute Gasteiger partial charge is 0.00961 e. The Morgan fingerprint density at radius 1 is 0.323 bits per heavy atom. The monoisotopic (exact) mass is 396 g/mol. The number of hydrogen-bond donors (Lipinski definition) is 0. The average molecular weight is 397 g/mol. The van der Waals surface area contributed by atoms with Crippen molar-refractivity contribution in [3.8, 4) is 44.5 Å². The van der Waals surface area contributed by atoms with Crippen molar-refractivity contribution in [2.24, 2.45) is 0 Å². The van der Waals surface area contributed by atoms with Crippen molar-refractivity contribution < 1.29 is 0 Å². The molecule has 0 aliphatic heterocycles. The summed E-state index contributed by atoms with van der Waals surface area (Å²) in [5.74, 6) is 0. The Morgan fingerprint density at radius 2 is 0.677 bits per heavy atom. The molecule has 0 saturated heterocycles. The van der Waals surface area contributed by atoms with Gasteiger partial charge in [0, 0.05) is 0 Å². The Labute approximate surface area is 184 Å². The molecule has 5 rings (SSSR count). The maximum Gasteiger partial charge on any atom is -0.00961 e. The lowest BCUT2D eigenvalue weighted by Gasteiger charge is -2.19. The van der Waals surface area contributed by atoms with Gasteiger partial charge >= 0.3 is 0 Å². The maximum atomic E-state index is 2.38. The van der Waals surface area contributed by atoms with E-state index in [1.807, 2.05) is 0 Å². The quantitative estimate of drug-likeness (QED) is 0.285. The Hall–Kier alpha value is -3.90. The predicted octanol–water partition coefficient (Wildman–Crippen LogP) is 8.66. The van der Waals surface area contributed by atoms with Gasteiger partial charge in [0.05, 0.1) is 0 Å². The number of aryl methyl sites for hydroxylation is 1. The molecule has 0 heterocycles. The first kappa shape index (κ1) is 19.1. The minimum Gasteiger partial charge on any atom is -0.0622 e. The van der Waals surface area contributed by atoms with E-state index in [2.05, 4.69) is 134 Å². The van der Waals surface area contributed by atoms with E-state index < -0.39 is 0 Å². The summed E-state index contributed by atoms with van der Waals surface area (Å²) in [4.78, 5) is 0. The zero-order valence-corrected chi connectivity index (χ0v) is 17.6. The second-order valence-electron chi connectivity index (χ2n) is 7.86. The summed E-state index contributed by atoms with van der Waals surface area (Å²) in [6.07, 6.45) is 0. The lowest BCUT2D eigenvalue weighted by molar-refractivity contribution is 1.45. The van der Waals surface area contributed by atoms with Crippen LogP contribution in [0.2, 0.25) is 0 Å². The standard InChI is InChI=1S/C31H24/c1-23-13-11-12-20-27(23)31-22-29(25-16-7-3-8-17-25)28(24-14-5-2-6-15-24)21-30(31)26-18-9-4-10-19-26/h2-22H,1H3. The van der Waals surface area contributed by atoms with Crippen LogP contribution < -0.4 is 0 Å². The zero-order valence-electron chi connectivity index (χ0n) is 17.6. The van der Waals surface area contributed by atoms with Gasteiger partial charge < -0.3 is 0 Å². The molecule has 148 valence electrons. The molecular formula is C31H24. The zero-order chi connectivity index (χ0) is 21.0. The molecule has 0 atom stereocenters. The summed E-state index contributed by atoms with van der Waals surface area (Å²) in [7, 11) is 0. The highest BCUT2D eigenvalue weighted by Gasteiger charge is 2.16. The normalized spacial score (nSPS) is 10.7. The van der Waals surface area contributed by atoms with Crippen LogP contribution in [0.3, 0.4) is 0 Å². The molecule has 0 saturated carbocycles. The highest BCUT2D eigenvalue weighted by molar-refractivity contribution is 5.95. The summed E-state index contributed by atoms with van der Waals surface area (Å²) in [5, 5.41) is 0. The summed E-state index contributed by atoms with van der Waals surface area (Å²) in [6.45, 7) is 2.19. The van der Waals surface area contributed by atoms with Crippen LogP contribution in [0.15, 0.2) is 127 Å². The molecule has 0 bridgehead atoms. The van der Waals surface area contributed by atoms with Gasteiger partial charge in [-0.3, -0.25) is 0 Å². The van der Waals surface area contributed by atoms with E-state index in [0.29, 0.717) is 0 Å². The van der Waals surface area contributed by atoms with Gasteiger partial charge in [0.15, 0.2) is 0 Å². The summed E-state index contributed by atoms with van der Waals surface area (Å²) >= 11 is 0. The molecule has 31 heavy (non-hydrogen) atoms. The molecule has 0 aliphatic carbocycles. The van der Waals surface area contributed by atoms with Crippen LogP contribution in [0.25, 0.3) is 44.5 Å². The van der Waals surface area contributed by atoms with Gasteiger partial charge in [-0.1, -0.05) is 115 Å². The van der Waals surface area contributed by atoms with Gasteiger partial charge in [-0.05, 0) is 69.1 Å². The van der Waals surface area contributed by atoms with E-state index >= 15 is 0 Å². The second kappa shape index (κ2) is 8.45. The van der Waals surface area contributed by atoms with E-state index in [9.17, 15) is 0 Å². The molecule has 0 fully saturated rings. The van der Waals surface area contributed by atoms with Crippen molar-refractivity contribution in [3.05, 3.63) is 133 Å². The third kappa shape index (κ3) is 3.81. The van der Waals surface area contributed by atoms with E-state index in [4.69, 9.17) is 0 Å². The van der Waals surface area contributed by atoms with Crippen molar-refractivity contribution in [2.75, 3.05) is 0 Å². The summed E-state index contributed by atoms with van der Waals surface area (Å²) < 4.78 is 0. The lowest BCUT2D eigenvalue weighted by atomic mass is 9.85. The van der Waals surface area contributed by atoms with Crippen molar-refractivity contribution in [3.63, 3.8) is 0 Å². The van der Waals surface area contributed by atoms with Crippen LogP contribution in [-0.2, 0) is 0 Å². The molecule has 0 amide bonds. The van der Waals surface area contributed by atoms with E-state index in [1.165, 1.54) is 50.1 Å². The minimum atomic E-state index is 1.23. The van der Waals surface area contributed by atoms with Crippen molar-refractivity contribution in [1.29, 1.82) is 0 Å². The Morgan fingerprint density at radius 3 is 1.13 bits per heavy atom. The SMILES string of the molecule is Cc1ccccc1-c1cc(-c2ccccc2)c(-c2ccccc2)cc1-c1ccccc1. The fraction of sp³-hybridized carbons (Fsp3) is 0.0323. The van der Waals surface area contributed by atoms with Gasteiger partial charge in [-0.25, -0.2) is 0 Å². The minimum absolute atomic E-state index is 1.23. The molecule has 0 spiro atoms. The third-order valence-corrected chi connectivity index (χ3v) is 5.85. The third-order valence-electron chi connectivity index (χ3n) is 5.85. The van der Waals surface area contributed by atoms with Crippen molar-refractivity contribution in [2.45, 2.75) is 6.92 Å². The first-order chi connectivity index (χ1) is 15.3. The highest BCUT2D eigenvalue weighted by Crippen LogP contribution is 2.42. The fourth-order valence-electron chi connectivity index (χ4n) is 4.27. The summed E-state index contributed by atoms with van der Waals surface area (Å²) in [6, 6.07) is 45.5. The van der Waals surface area contributed by atoms with E-state index in [1.54, 1.807) is 0 Å². The number of benzene rings is 5. The molecular weight excluding hydrogens is 372 g/mol. The molecule has 0 N–H and O–H groups in total.